The number of methoxy groups -OCH3 is 1. The summed E-state index contributed by atoms with van der Waals surface area (Å²) in [7, 11) is 1.60. The highest BCUT2D eigenvalue weighted by atomic mass is 35.5. The second-order valence-electron chi connectivity index (χ2n) is 7.95. The van der Waals surface area contributed by atoms with Crippen molar-refractivity contribution < 1.29 is 14.6 Å². The number of hydrogen-bond donors (Lipinski definition) is 1. The van der Waals surface area contributed by atoms with Crippen LogP contribution in [0.2, 0.25) is 10.0 Å². The Labute approximate surface area is 202 Å². The van der Waals surface area contributed by atoms with Crippen LogP contribution in [0.15, 0.2) is 72.8 Å². The van der Waals surface area contributed by atoms with E-state index in [1.54, 1.807) is 36.9 Å². The molecule has 1 atom stereocenters. The van der Waals surface area contributed by atoms with E-state index in [9.17, 15) is 9.90 Å². The number of halogens is 2. The highest BCUT2D eigenvalue weighted by Gasteiger charge is 2.40. The maximum absolute atomic E-state index is 12.6. The fraction of sp³-hybridized carbons (Fsp3) is 0.154. The summed E-state index contributed by atoms with van der Waals surface area (Å²) in [6.45, 7) is 3.60. The van der Waals surface area contributed by atoms with Gasteiger partial charge in [-0.3, -0.25) is 4.79 Å². The van der Waals surface area contributed by atoms with Gasteiger partial charge in [0.25, 0.3) is 0 Å². The first-order valence-electron chi connectivity index (χ1n) is 10.2. The first-order chi connectivity index (χ1) is 15.7. The van der Waals surface area contributed by atoms with Crippen molar-refractivity contribution in [1.82, 2.24) is 9.78 Å². The molecule has 1 N–H and O–H groups in total. The maximum Gasteiger partial charge on any atom is 0.320 e. The van der Waals surface area contributed by atoms with Crippen molar-refractivity contribution in [3.8, 4) is 22.7 Å². The van der Waals surface area contributed by atoms with Gasteiger partial charge >= 0.3 is 5.97 Å². The molecule has 1 aromatic heterocycles. The second-order valence-corrected chi connectivity index (χ2v) is 8.77. The maximum atomic E-state index is 12.6. The Morgan fingerprint density at radius 2 is 1.73 bits per heavy atom. The molecule has 3 aromatic carbocycles. The van der Waals surface area contributed by atoms with Gasteiger partial charge in [-0.25, -0.2) is 4.68 Å². The van der Waals surface area contributed by atoms with Gasteiger partial charge in [-0.15, -0.1) is 0 Å². The van der Waals surface area contributed by atoms with Gasteiger partial charge in [0.2, 0.25) is 0 Å². The number of carboxylic acid groups (broad SMARTS) is 1. The molecular weight excluding hydrogens is 459 g/mol. The molecule has 1 unspecified atom stereocenters. The van der Waals surface area contributed by atoms with E-state index in [1.165, 1.54) is 0 Å². The van der Waals surface area contributed by atoms with Gasteiger partial charge in [-0.05, 0) is 61.9 Å². The molecule has 168 valence electrons. The minimum Gasteiger partial charge on any atom is -0.497 e. The topological polar surface area (TPSA) is 64.4 Å². The summed E-state index contributed by atoms with van der Waals surface area (Å²) in [4.78, 5) is 12.6. The molecule has 0 radical (unpaired) electrons. The summed E-state index contributed by atoms with van der Waals surface area (Å²) in [6.07, 6.45) is 0. The predicted molar refractivity (Wildman–Crippen MR) is 131 cm³/mol. The van der Waals surface area contributed by atoms with E-state index in [0.29, 0.717) is 32.7 Å². The minimum atomic E-state index is -1.37. The Hall–Kier alpha value is -3.28. The molecule has 0 spiro atoms. The average Bonchev–Trinajstić information content (AvgIpc) is 3.26. The van der Waals surface area contributed by atoms with Crippen LogP contribution < -0.4 is 4.74 Å². The predicted octanol–water partition coefficient (Wildman–Crippen LogP) is 6.55. The van der Waals surface area contributed by atoms with Crippen LogP contribution in [-0.4, -0.2) is 28.0 Å². The van der Waals surface area contributed by atoms with E-state index in [0.717, 1.165) is 16.8 Å². The monoisotopic (exact) mass is 480 g/mol. The van der Waals surface area contributed by atoms with Crippen molar-refractivity contribution in [1.29, 1.82) is 0 Å². The lowest BCUT2D eigenvalue weighted by Gasteiger charge is -2.23. The number of aliphatic carboxylic acids is 1. The zero-order valence-corrected chi connectivity index (χ0v) is 19.9. The molecule has 0 amide bonds. The Kier molecular flexibility index (Phi) is 6.19. The van der Waals surface area contributed by atoms with Gasteiger partial charge < -0.3 is 9.84 Å². The number of aromatic nitrogens is 2. The number of nitrogens with zero attached hydrogens (tertiary/aromatic N) is 2. The number of benzene rings is 3. The van der Waals surface area contributed by atoms with E-state index in [4.69, 9.17) is 33.0 Å². The average molecular weight is 481 g/mol. The SMILES string of the molecule is COc1ccc(-n2nc(C(C)(C(=O)O)c3cccc(C)c3)cc2-c2ccc(Cl)c(Cl)c2)cc1. The molecule has 0 aliphatic carbocycles. The largest absolute Gasteiger partial charge is 0.497 e. The molecule has 4 aromatic rings. The van der Waals surface area contributed by atoms with Crippen LogP contribution in [0.25, 0.3) is 16.9 Å². The van der Waals surface area contributed by atoms with Crippen molar-refractivity contribution in [3.05, 3.63) is 99.7 Å². The summed E-state index contributed by atoms with van der Waals surface area (Å²) in [5.41, 5.74) is 2.85. The fourth-order valence-electron chi connectivity index (χ4n) is 3.74. The zero-order chi connectivity index (χ0) is 23.8. The normalized spacial score (nSPS) is 12.9. The molecule has 0 saturated carbocycles. The number of ether oxygens (including phenoxy) is 1. The summed E-state index contributed by atoms with van der Waals surface area (Å²) >= 11 is 12.4. The summed E-state index contributed by atoms with van der Waals surface area (Å²) in [6, 6.07) is 21.9. The molecule has 0 fully saturated rings. The van der Waals surface area contributed by atoms with Crippen molar-refractivity contribution in [2.75, 3.05) is 7.11 Å². The third kappa shape index (κ3) is 4.22. The van der Waals surface area contributed by atoms with Crippen molar-refractivity contribution >= 4 is 29.2 Å². The number of hydrogen-bond acceptors (Lipinski definition) is 3. The number of aryl methyl sites for hydroxylation is 1. The highest BCUT2D eigenvalue weighted by molar-refractivity contribution is 6.42. The first kappa shape index (κ1) is 22.9. The Morgan fingerprint density at radius 3 is 2.33 bits per heavy atom. The third-order valence-electron chi connectivity index (χ3n) is 5.78. The smallest absolute Gasteiger partial charge is 0.320 e. The Balaban J connectivity index is 1.96. The summed E-state index contributed by atoms with van der Waals surface area (Å²) < 4.78 is 6.98. The lowest BCUT2D eigenvalue weighted by molar-refractivity contribution is -0.141. The van der Waals surface area contributed by atoms with Crippen LogP contribution >= 0.6 is 23.2 Å². The second kappa shape index (κ2) is 8.93. The van der Waals surface area contributed by atoms with Gasteiger partial charge in [-0.1, -0.05) is 59.1 Å². The molecule has 33 heavy (non-hydrogen) atoms. The zero-order valence-electron chi connectivity index (χ0n) is 18.3. The molecule has 5 nitrogen and oxygen atoms in total. The third-order valence-corrected chi connectivity index (χ3v) is 6.52. The number of carbonyl (C=O) groups is 1. The molecule has 4 rings (SSSR count). The van der Waals surface area contributed by atoms with Crippen LogP contribution in [-0.2, 0) is 10.2 Å². The minimum absolute atomic E-state index is 0.400. The molecule has 1 heterocycles. The van der Waals surface area contributed by atoms with E-state index in [-0.39, 0.29) is 0 Å². The Bertz CT molecular complexity index is 1330. The van der Waals surface area contributed by atoms with E-state index < -0.39 is 11.4 Å². The molecule has 0 bridgehead atoms. The number of carboxylic acids is 1. The van der Waals surface area contributed by atoms with Crippen LogP contribution in [0, 0.1) is 6.92 Å². The molecular formula is C26H22Cl2N2O3. The van der Waals surface area contributed by atoms with Gasteiger partial charge in [0.05, 0.1) is 34.2 Å². The van der Waals surface area contributed by atoms with Crippen LogP contribution in [0.3, 0.4) is 0 Å². The number of rotatable bonds is 6. The standard InChI is InChI=1S/C26H22Cl2N2O3/c1-16-5-4-6-18(13-16)26(2,25(31)32)24-15-23(17-7-12-21(27)22(28)14-17)30(29-24)19-8-10-20(33-3)11-9-19/h4-15H,1-3H3,(H,31,32). The summed E-state index contributed by atoms with van der Waals surface area (Å²) in [5, 5.41) is 15.9. The van der Waals surface area contributed by atoms with E-state index >= 15 is 0 Å². The van der Waals surface area contributed by atoms with Crippen molar-refractivity contribution in [2.24, 2.45) is 0 Å². The quantitative estimate of drug-likeness (QED) is 0.339. The Morgan fingerprint density at radius 1 is 1.00 bits per heavy atom. The van der Waals surface area contributed by atoms with Gasteiger partial charge in [0, 0.05) is 5.56 Å². The lowest BCUT2D eigenvalue weighted by Crippen LogP contribution is -2.34. The fourth-order valence-corrected chi connectivity index (χ4v) is 4.04. The van der Waals surface area contributed by atoms with Crippen molar-refractivity contribution in [3.63, 3.8) is 0 Å². The van der Waals surface area contributed by atoms with Crippen LogP contribution in [0.4, 0.5) is 0 Å². The summed E-state index contributed by atoms with van der Waals surface area (Å²) in [5.74, 6) is -0.287. The lowest BCUT2D eigenvalue weighted by atomic mass is 9.79. The van der Waals surface area contributed by atoms with Crippen LogP contribution in [0.5, 0.6) is 5.75 Å². The van der Waals surface area contributed by atoms with Gasteiger partial charge in [0.1, 0.15) is 11.2 Å². The molecule has 0 aliphatic heterocycles. The van der Waals surface area contributed by atoms with Gasteiger partial charge in [0.15, 0.2) is 0 Å². The molecule has 7 heteroatoms. The van der Waals surface area contributed by atoms with E-state index in [1.807, 2.05) is 61.5 Å². The van der Waals surface area contributed by atoms with E-state index in [2.05, 4.69) is 0 Å². The van der Waals surface area contributed by atoms with Crippen molar-refractivity contribution in [2.45, 2.75) is 19.3 Å². The highest BCUT2D eigenvalue weighted by Crippen LogP contribution is 2.37. The van der Waals surface area contributed by atoms with Crippen LogP contribution in [0.1, 0.15) is 23.7 Å². The van der Waals surface area contributed by atoms with Gasteiger partial charge in [-0.2, -0.15) is 5.10 Å². The first-order valence-corrected chi connectivity index (χ1v) is 11.0. The molecule has 0 aliphatic rings. The molecule has 0 saturated heterocycles.